The Morgan fingerprint density at radius 1 is 1.63 bits per heavy atom. The minimum Gasteiger partial charge on any atom is -0.481 e. The van der Waals surface area contributed by atoms with Crippen molar-refractivity contribution >= 4 is 17.7 Å². The molecule has 0 spiro atoms. The Bertz CT molecular complexity index is 443. The van der Waals surface area contributed by atoms with Crippen molar-refractivity contribution in [2.24, 2.45) is 5.92 Å². The van der Waals surface area contributed by atoms with Gasteiger partial charge in [0.15, 0.2) is 5.16 Å². The van der Waals surface area contributed by atoms with Crippen molar-refractivity contribution in [3.8, 4) is 0 Å². The van der Waals surface area contributed by atoms with Crippen LogP contribution in [0.1, 0.15) is 32.1 Å². The van der Waals surface area contributed by atoms with Crippen LogP contribution in [0.2, 0.25) is 0 Å². The number of carboxylic acids is 1. The quantitative estimate of drug-likeness (QED) is 0.800. The summed E-state index contributed by atoms with van der Waals surface area (Å²) in [7, 11) is 0. The molecule has 2 atom stereocenters. The summed E-state index contributed by atoms with van der Waals surface area (Å²) in [6.07, 6.45) is 1.82. The molecule has 1 N–H and O–H groups in total. The number of hydrogen-bond donors (Lipinski definition) is 1. The summed E-state index contributed by atoms with van der Waals surface area (Å²) >= 11 is 1.23. The lowest BCUT2D eigenvalue weighted by Gasteiger charge is -2.22. The van der Waals surface area contributed by atoms with E-state index >= 15 is 0 Å². The fourth-order valence-corrected chi connectivity index (χ4v) is 3.09. The number of aromatic nitrogens is 3. The van der Waals surface area contributed by atoms with Gasteiger partial charge in [0.25, 0.3) is 0 Å². The second-order valence-corrected chi connectivity index (χ2v) is 5.61. The lowest BCUT2D eigenvalue weighted by atomic mass is 10.0. The minimum absolute atomic E-state index is 0.00966. The van der Waals surface area contributed by atoms with Crippen molar-refractivity contribution in [2.45, 2.75) is 37.9 Å². The van der Waals surface area contributed by atoms with Gasteiger partial charge in [0.05, 0.1) is 12.4 Å². The summed E-state index contributed by atoms with van der Waals surface area (Å²) in [4.78, 5) is 10.7. The largest absolute Gasteiger partial charge is 0.481 e. The standard InChI is InChI=1S/C12H19N3O3S/c1-3-10-13-14-12(19-7-11(16)17)15(10)8(2)9-4-5-18-6-9/h8-9H,3-7H2,1-2H3,(H,16,17). The van der Waals surface area contributed by atoms with E-state index in [0.717, 1.165) is 31.9 Å². The third-order valence-corrected chi connectivity index (χ3v) is 4.36. The number of carbonyl (C=O) groups is 1. The van der Waals surface area contributed by atoms with Gasteiger partial charge < -0.3 is 14.4 Å². The minimum atomic E-state index is -0.838. The van der Waals surface area contributed by atoms with E-state index in [2.05, 4.69) is 21.7 Å². The van der Waals surface area contributed by atoms with Crippen LogP contribution in [0.3, 0.4) is 0 Å². The number of aryl methyl sites for hydroxylation is 1. The van der Waals surface area contributed by atoms with Crippen LogP contribution in [0.15, 0.2) is 5.16 Å². The average Bonchev–Trinajstić information content (AvgIpc) is 3.04. The zero-order valence-electron chi connectivity index (χ0n) is 11.2. The van der Waals surface area contributed by atoms with Crippen molar-refractivity contribution in [3.63, 3.8) is 0 Å². The van der Waals surface area contributed by atoms with Crippen LogP contribution in [0, 0.1) is 5.92 Å². The lowest BCUT2D eigenvalue weighted by molar-refractivity contribution is -0.133. The number of nitrogens with zero attached hydrogens (tertiary/aromatic N) is 3. The van der Waals surface area contributed by atoms with E-state index in [4.69, 9.17) is 9.84 Å². The van der Waals surface area contributed by atoms with Crippen molar-refractivity contribution in [2.75, 3.05) is 19.0 Å². The predicted molar refractivity (Wildman–Crippen MR) is 71.4 cm³/mol. The van der Waals surface area contributed by atoms with E-state index < -0.39 is 5.97 Å². The van der Waals surface area contributed by atoms with E-state index in [1.165, 1.54) is 11.8 Å². The summed E-state index contributed by atoms with van der Waals surface area (Å²) in [5, 5.41) is 17.8. The molecule has 0 radical (unpaired) electrons. The van der Waals surface area contributed by atoms with Crippen LogP contribution < -0.4 is 0 Å². The number of rotatable bonds is 6. The molecule has 2 unspecified atom stereocenters. The molecule has 7 heteroatoms. The lowest BCUT2D eigenvalue weighted by Crippen LogP contribution is -2.20. The van der Waals surface area contributed by atoms with Gasteiger partial charge in [0, 0.05) is 25.0 Å². The highest BCUT2D eigenvalue weighted by Crippen LogP contribution is 2.30. The molecular formula is C12H19N3O3S. The second kappa shape index (κ2) is 6.38. The molecule has 106 valence electrons. The van der Waals surface area contributed by atoms with Crippen molar-refractivity contribution in [3.05, 3.63) is 5.82 Å². The molecule has 1 aromatic rings. The van der Waals surface area contributed by atoms with Gasteiger partial charge in [0.1, 0.15) is 5.82 Å². The van der Waals surface area contributed by atoms with Gasteiger partial charge in [-0.2, -0.15) is 0 Å². The van der Waals surface area contributed by atoms with Crippen LogP contribution in [0.4, 0.5) is 0 Å². The molecule has 2 heterocycles. The topological polar surface area (TPSA) is 77.2 Å². The Balaban J connectivity index is 2.19. The fourth-order valence-electron chi connectivity index (χ4n) is 2.33. The molecule has 1 aliphatic heterocycles. The van der Waals surface area contributed by atoms with E-state index in [9.17, 15) is 4.79 Å². The first-order valence-electron chi connectivity index (χ1n) is 6.49. The maximum atomic E-state index is 10.7. The van der Waals surface area contributed by atoms with Crippen LogP contribution in [-0.4, -0.2) is 44.8 Å². The van der Waals surface area contributed by atoms with Gasteiger partial charge in [0.2, 0.25) is 0 Å². The summed E-state index contributed by atoms with van der Waals surface area (Å²) in [5.74, 6) is 0.530. The van der Waals surface area contributed by atoms with Crippen LogP contribution in [0.25, 0.3) is 0 Å². The Hall–Kier alpha value is -1.08. The summed E-state index contributed by atoms with van der Waals surface area (Å²) < 4.78 is 7.51. The van der Waals surface area contributed by atoms with E-state index in [-0.39, 0.29) is 11.8 Å². The van der Waals surface area contributed by atoms with E-state index in [0.29, 0.717) is 11.1 Å². The van der Waals surface area contributed by atoms with Crippen LogP contribution in [0.5, 0.6) is 0 Å². The van der Waals surface area contributed by atoms with Gasteiger partial charge in [-0.3, -0.25) is 4.79 Å². The molecule has 6 nitrogen and oxygen atoms in total. The molecule has 2 rings (SSSR count). The zero-order chi connectivity index (χ0) is 13.8. The summed E-state index contributed by atoms with van der Waals surface area (Å²) in [5.41, 5.74) is 0. The Morgan fingerprint density at radius 3 is 3.00 bits per heavy atom. The Labute approximate surface area is 116 Å². The molecule has 1 saturated heterocycles. The zero-order valence-corrected chi connectivity index (χ0v) is 12.0. The Kier molecular flexibility index (Phi) is 4.81. The van der Waals surface area contributed by atoms with Crippen molar-refractivity contribution < 1.29 is 14.6 Å². The highest BCUT2D eigenvalue weighted by molar-refractivity contribution is 7.99. The van der Waals surface area contributed by atoms with Crippen LogP contribution in [-0.2, 0) is 16.0 Å². The molecule has 0 aliphatic carbocycles. The Morgan fingerprint density at radius 2 is 2.42 bits per heavy atom. The first-order valence-corrected chi connectivity index (χ1v) is 7.48. The monoisotopic (exact) mass is 285 g/mol. The van der Waals surface area contributed by atoms with Gasteiger partial charge in [-0.1, -0.05) is 18.7 Å². The number of carboxylic acid groups (broad SMARTS) is 1. The molecule has 0 saturated carbocycles. The molecule has 1 fully saturated rings. The molecule has 19 heavy (non-hydrogen) atoms. The van der Waals surface area contributed by atoms with Crippen molar-refractivity contribution in [1.29, 1.82) is 0 Å². The normalized spacial score (nSPS) is 20.6. The molecule has 1 aliphatic rings. The first-order chi connectivity index (χ1) is 9.13. The average molecular weight is 285 g/mol. The summed E-state index contributed by atoms with van der Waals surface area (Å²) in [6.45, 7) is 5.72. The SMILES string of the molecule is CCc1nnc(SCC(=O)O)n1C(C)C1CCOC1. The maximum absolute atomic E-state index is 10.7. The third kappa shape index (κ3) is 3.27. The third-order valence-electron chi connectivity index (χ3n) is 3.43. The molecule has 0 amide bonds. The molecule has 1 aromatic heterocycles. The molecule has 0 aromatic carbocycles. The molecular weight excluding hydrogens is 266 g/mol. The first kappa shape index (κ1) is 14.3. The van der Waals surface area contributed by atoms with E-state index in [1.807, 2.05) is 6.92 Å². The van der Waals surface area contributed by atoms with Gasteiger partial charge in [-0.15, -0.1) is 10.2 Å². The smallest absolute Gasteiger partial charge is 0.313 e. The number of ether oxygens (including phenoxy) is 1. The van der Waals surface area contributed by atoms with Gasteiger partial charge in [-0.25, -0.2) is 0 Å². The maximum Gasteiger partial charge on any atom is 0.313 e. The van der Waals surface area contributed by atoms with E-state index in [1.54, 1.807) is 0 Å². The van der Waals surface area contributed by atoms with Gasteiger partial charge >= 0.3 is 5.97 Å². The number of thioether (sulfide) groups is 1. The number of hydrogen-bond acceptors (Lipinski definition) is 5. The predicted octanol–water partition coefficient (Wildman–Crippen LogP) is 1.61. The fraction of sp³-hybridized carbons (Fsp3) is 0.750. The number of aliphatic carboxylic acids is 1. The van der Waals surface area contributed by atoms with Gasteiger partial charge in [-0.05, 0) is 13.3 Å². The van der Waals surface area contributed by atoms with Crippen LogP contribution >= 0.6 is 11.8 Å². The second-order valence-electron chi connectivity index (χ2n) is 4.67. The molecule has 0 bridgehead atoms. The van der Waals surface area contributed by atoms with Crippen molar-refractivity contribution in [1.82, 2.24) is 14.8 Å². The summed E-state index contributed by atoms with van der Waals surface area (Å²) in [6, 6.07) is 0.240. The highest BCUT2D eigenvalue weighted by atomic mass is 32.2. The highest BCUT2D eigenvalue weighted by Gasteiger charge is 2.27.